The van der Waals surface area contributed by atoms with E-state index in [1.54, 1.807) is 43.0 Å². The number of nitrogens with zero attached hydrogens (tertiary/aromatic N) is 2. The summed E-state index contributed by atoms with van der Waals surface area (Å²) in [6.45, 7) is 4.65. The van der Waals surface area contributed by atoms with Gasteiger partial charge in [-0.1, -0.05) is 35.3 Å². The van der Waals surface area contributed by atoms with Gasteiger partial charge < -0.3 is 19.4 Å². The van der Waals surface area contributed by atoms with E-state index in [0.717, 1.165) is 27.7 Å². The van der Waals surface area contributed by atoms with Crippen LogP contribution in [0.1, 0.15) is 43.1 Å². The Morgan fingerprint density at radius 2 is 1.67 bits per heavy atom. The first-order valence-electron chi connectivity index (χ1n) is 14.0. The number of rotatable bonds is 7. The number of fused-ring (bicyclic) bond motifs is 3. The van der Waals surface area contributed by atoms with Crippen molar-refractivity contribution in [3.05, 3.63) is 93.6 Å². The maximum absolute atomic E-state index is 13.5. The number of hydrogen-bond acceptors (Lipinski definition) is 5. The van der Waals surface area contributed by atoms with E-state index in [2.05, 4.69) is 10.3 Å². The van der Waals surface area contributed by atoms with Crippen molar-refractivity contribution in [3.63, 3.8) is 0 Å². The standard InChI is InChI=1S/C32H30Cl2N4O5/c1-32(2)29(39)36-30(40)38(32)15-3-17-42-22-9-4-19(5-10-22)28-27-24(25-18-21(34)8-13-26(25)35-27)14-16-37(28)31(41)43-23-11-6-20(33)7-12-23/h4-13,18,28,35H,3,14-17H2,1-2H3,(H,36,39,40). The summed E-state index contributed by atoms with van der Waals surface area (Å²) >= 11 is 12.3. The molecule has 0 saturated carbocycles. The average molecular weight is 622 g/mol. The molecule has 0 radical (unpaired) electrons. The molecule has 1 atom stereocenters. The Bertz CT molecular complexity index is 1700. The van der Waals surface area contributed by atoms with E-state index < -0.39 is 17.7 Å². The SMILES string of the molecule is CC1(C)C(=O)NC(=O)N1CCCOc1ccc(C2c3[nH]c4ccc(Cl)cc4c3CCN2C(=O)Oc2ccc(Cl)cc2)cc1. The fraction of sp³-hybridized carbons (Fsp3) is 0.281. The Labute approximate surface area is 258 Å². The minimum Gasteiger partial charge on any atom is -0.494 e. The van der Waals surface area contributed by atoms with Gasteiger partial charge in [0.2, 0.25) is 0 Å². The second-order valence-electron chi connectivity index (χ2n) is 11.1. The average Bonchev–Trinajstić information content (AvgIpc) is 3.44. The smallest absolute Gasteiger partial charge is 0.416 e. The van der Waals surface area contributed by atoms with Crippen molar-refractivity contribution in [3.8, 4) is 11.5 Å². The lowest BCUT2D eigenvalue weighted by Gasteiger charge is -2.35. The molecule has 1 saturated heterocycles. The summed E-state index contributed by atoms with van der Waals surface area (Å²) in [6.07, 6.45) is 0.725. The quantitative estimate of drug-likeness (QED) is 0.176. The van der Waals surface area contributed by atoms with Crippen LogP contribution in [0, 0.1) is 0 Å². The van der Waals surface area contributed by atoms with Crippen LogP contribution in [0.2, 0.25) is 10.0 Å². The molecule has 43 heavy (non-hydrogen) atoms. The van der Waals surface area contributed by atoms with Crippen LogP contribution >= 0.6 is 23.2 Å². The van der Waals surface area contributed by atoms with Gasteiger partial charge in [0.25, 0.3) is 5.91 Å². The van der Waals surface area contributed by atoms with Crippen LogP contribution in [0.25, 0.3) is 10.9 Å². The van der Waals surface area contributed by atoms with Crippen molar-refractivity contribution < 1.29 is 23.9 Å². The molecular weight excluding hydrogens is 591 g/mol. The second-order valence-corrected chi connectivity index (χ2v) is 12.0. The molecule has 0 bridgehead atoms. The first-order chi connectivity index (χ1) is 20.6. The zero-order chi connectivity index (χ0) is 30.3. The van der Waals surface area contributed by atoms with E-state index in [-0.39, 0.29) is 11.9 Å². The van der Waals surface area contributed by atoms with Gasteiger partial charge in [0.1, 0.15) is 23.1 Å². The van der Waals surface area contributed by atoms with Gasteiger partial charge in [-0.2, -0.15) is 0 Å². The minimum atomic E-state index is -0.883. The summed E-state index contributed by atoms with van der Waals surface area (Å²) in [6, 6.07) is 19.2. The molecule has 2 aliphatic heterocycles. The molecule has 4 aromatic rings. The number of aromatic amines is 1. The van der Waals surface area contributed by atoms with Crippen LogP contribution in [0.5, 0.6) is 11.5 Å². The molecule has 2 aliphatic rings. The van der Waals surface area contributed by atoms with Gasteiger partial charge in [0.15, 0.2) is 0 Å². The Hall–Kier alpha value is -4.21. The number of hydrogen-bond donors (Lipinski definition) is 2. The predicted molar refractivity (Wildman–Crippen MR) is 164 cm³/mol. The number of benzene rings is 3. The highest BCUT2D eigenvalue weighted by Gasteiger charge is 2.45. The van der Waals surface area contributed by atoms with Crippen molar-refractivity contribution in [2.24, 2.45) is 0 Å². The number of aromatic nitrogens is 1. The van der Waals surface area contributed by atoms with E-state index in [1.807, 2.05) is 42.5 Å². The Kier molecular flexibility index (Phi) is 7.70. The van der Waals surface area contributed by atoms with E-state index in [4.69, 9.17) is 32.7 Å². The molecule has 11 heteroatoms. The van der Waals surface area contributed by atoms with Crippen LogP contribution in [0.15, 0.2) is 66.7 Å². The van der Waals surface area contributed by atoms with Crippen LogP contribution in [-0.4, -0.2) is 58.1 Å². The van der Waals surface area contributed by atoms with Crippen LogP contribution in [0.4, 0.5) is 9.59 Å². The topological polar surface area (TPSA) is 104 Å². The van der Waals surface area contributed by atoms with E-state index in [1.165, 1.54) is 4.90 Å². The highest BCUT2D eigenvalue weighted by atomic mass is 35.5. The Morgan fingerprint density at radius 3 is 2.37 bits per heavy atom. The number of amides is 4. The molecule has 2 N–H and O–H groups in total. The van der Waals surface area contributed by atoms with Gasteiger partial charge in [0, 0.05) is 39.7 Å². The van der Waals surface area contributed by atoms with Gasteiger partial charge >= 0.3 is 12.1 Å². The van der Waals surface area contributed by atoms with Crippen LogP contribution in [0.3, 0.4) is 0 Å². The van der Waals surface area contributed by atoms with E-state index >= 15 is 0 Å². The fourth-order valence-corrected chi connectivity index (χ4v) is 6.00. The summed E-state index contributed by atoms with van der Waals surface area (Å²) in [5, 5.41) is 4.60. The second kappa shape index (κ2) is 11.5. The molecule has 6 rings (SSSR count). The first kappa shape index (κ1) is 28.9. The molecule has 9 nitrogen and oxygen atoms in total. The summed E-state index contributed by atoms with van der Waals surface area (Å²) in [7, 11) is 0. The van der Waals surface area contributed by atoms with Crippen LogP contribution < -0.4 is 14.8 Å². The summed E-state index contributed by atoms with van der Waals surface area (Å²) in [4.78, 5) is 44.4. The first-order valence-corrected chi connectivity index (χ1v) is 14.8. The van der Waals surface area contributed by atoms with E-state index in [9.17, 15) is 14.4 Å². The third-order valence-electron chi connectivity index (χ3n) is 8.03. The fourth-order valence-electron chi connectivity index (χ4n) is 5.70. The minimum absolute atomic E-state index is 0.302. The van der Waals surface area contributed by atoms with Gasteiger partial charge in [-0.3, -0.25) is 15.0 Å². The molecule has 0 aliphatic carbocycles. The lowest BCUT2D eigenvalue weighted by molar-refractivity contribution is -0.125. The highest BCUT2D eigenvalue weighted by molar-refractivity contribution is 6.31. The number of carbonyl (C=O) groups excluding carboxylic acids is 3. The number of urea groups is 1. The number of imide groups is 1. The number of ether oxygens (including phenoxy) is 2. The highest BCUT2D eigenvalue weighted by Crippen LogP contribution is 2.40. The third-order valence-corrected chi connectivity index (χ3v) is 8.52. The zero-order valence-electron chi connectivity index (χ0n) is 23.7. The lowest BCUT2D eigenvalue weighted by Crippen LogP contribution is -2.44. The van der Waals surface area contributed by atoms with Gasteiger partial charge in [-0.15, -0.1) is 0 Å². The largest absolute Gasteiger partial charge is 0.494 e. The number of carbonyl (C=O) groups is 3. The normalized spacial score (nSPS) is 17.6. The molecule has 3 aromatic carbocycles. The van der Waals surface area contributed by atoms with Gasteiger partial charge in [-0.25, -0.2) is 9.59 Å². The molecule has 222 valence electrons. The Morgan fingerprint density at radius 1 is 0.977 bits per heavy atom. The van der Waals surface area contributed by atoms with Crippen molar-refractivity contribution >= 4 is 52.1 Å². The molecule has 1 unspecified atom stereocenters. The summed E-state index contributed by atoms with van der Waals surface area (Å²) in [5.74, 6) is 0.758. The Balaban J connectivity index is 1.21. The lowest BCUT2D eigenvalue weighted by atomic mass is 9.92. The van der Waals surface area contributed by atoms with Gasteiger partial charge in [-0.05, 0) is 92.4 Å². The number of halogens is 2. The maximum atomic E-state index is 13.5. The summed E-state index contributed by atoms with van der Waals surface area (Å²) in [5.41, 5.74) is 2.97. The maximum Gasteiger partial charge on any atom is 0.416 e. The van der Waals surface area contributed by atoms with Crippen molar-refractivity contribution in [1.29, 1.82) is 0 Å². The van der Waals surface area contributed by atoms with Crippen LogP contribution in [-0.2, 0) is 11.2 Å². The zero-order valence-corrected chi connectivity index (χ0v) is 25.2. The number of nitrogens with one attached hydrogen (secondary N) is 2. The molecular formula is C32H30Cl2N4O5. The molecule has 1 aromatic heterocycles. The number of H-pyrrole nitrogens is 1. The molecule has 3 heterocycles. The van der Waals surface area contributed by atoms with Crippen molar-refractivity contribution in [2.75, 3.05) is 19.7 Å². The predicted octanol–water partition coefficient (Wildman–Crippen LogP) is 6.72. The van der Waals surface area contributed by atoms with Gasteiger partial charge in [0.05, 0.1) is 6.61 Å². The molecule has 4 amide bonds. The molecule has 0 spiro atoms. The molecule has 1 fully saturated rings. The third kappa shape index (κ3) is 5.62. The summed E-state index contributed by atoms with van der Waals surface area (Å²) < 4.78 is 11.7. The monoisotopic (exact) mass is 620 g/mol. The van der Waals surface area contributed by atoms with E-state index in [0.29, 0.717) is 54.1 Å². The van der Waals surface area contributed by atoms with Crippen molar-refractivity contribution in [2.45, 2.75) is 38.3 Å². The van der Waals surface area contributed by atoms with Crippen molar-refractivity contribution in [1.82, 2.24) is 20.1 Å².